The predicted octanol–water partition coefficient (Wildman–Crippen LogP) is 1.25. The normalized spacial score (nSPS) is 22.5. The molecule has 6 nitrogen and oxygen atoms in total. The molecule has 1 aliphatic rings. The number of nitrogens with zero attached hydrogens (tertiary/aromatic N) is 1. The topological polar surface area (TPSA) is 86.7 Å². The number of hydrogen-bond acceptors (Lipinski definition) is 3. The summed E-state index contributed by atoms with van der Waals surface area (Å²) in [5, 5.41) is 12.0. The summed E-state index contributed by atoms with van der Waals surface area (Å²) in [6.45, 7) is 5.57. The van der Waals surface area contributed by atoms with Crippen molar-refractivity contribution >= 4 is 17.8 Å². The molecular formula is C15H26N2O4. The van der Waals surface area contributed by atoms with Crippen LogP contribution in [-0.2, 0) is 14.4 Å². The van der Waals surface area contributed by atoms with Crippen LogP contribution in [0.4, 0.5) is 0 Å². The maximum absolute atomic E-state index is 12.4. The lowest BCUT2D eigenvalue weighted by Crippen LogP contribution is -2.48. The first kappa shape index (κ1) is 17.5. The first-order valence-corrected chi connectivity index (χ1v) is 7.40. The van der Waals surface area contributed by atoms with Gasteiger partial charge in [0.15, 0.2) is 0 Å². The Labute approximate surface area is 125 Å². The molecule has 1 fully saturated rings. The molecule has 0 saturated heterocycles. The molecule has 0 aliphatic heterocycles. The van der Waals surface area contributed by atoms with Gasteiger partial charge >= 0.3 is 5.97 Å². The second kappa shape index (κ2) is 6.91. The SMILES string of the molecule is CN(CC(=O)NC(C)(C)C)C(=O)C1CCCCC1C(=O)O. The largest absolute Gasteiger partial charge is 0.481 e. The Morgan fingerprint density at radius 1 is 1.14 bits per heavy atom. The van der Waals surface area contributed by atoms with Gasteiger partial charge in [0.25, 0.3) is 0 Å². The fourth-order valence-electron chi connectivity index (χ4n) is 2.76. The quantitative estimate of drug-likeness (QED) is 0.818. The molecule has 6 heteroatoms. The molecule has 1 aliphatic carbocycles. The first-order valence-electron chi connectivity index (χ1n) is 7.40. The first-order chi connectivity index (χ1) is 9.61. The maximum Gasteiger partial charge on any atom is 0.307 e. The number of carbonyl (C=O) groups is 3. The van der Waals surface area contributed by atoms with Crippen molar-refractivity contribution in [3.8, 4) is 0 Å². The van der Waals surface area contributed by atoms with Gasteiger partial charge in [-0.3, -0.25) is 14.4 Å². The monoisotopic (exact) mass is 298 g/mol. The van der Waals surface area contributed by atoms with Crippen LogP contribution in [0.3, 0.4) is 0 Å². The molecule has 120 valence electrons. The Morgan fingerprint density at radius 2 is 1.67 bits per heavy atom. The highest BCUT2D eigenvalue weighted by atomic mass is 16.4. The van der Waals surface area contributed by atoms with E-state index in [4.69, 9.17) is 0 Å². The van der Waals surface area contributed by atoms with Crippen LogP contribution in [0.1, 0.15) is 46.5 Å². The second-order valence-electron chi connectivity index (χ2n) is 6.83. The summed E-state index contributed by atoms with van der Waals surface area (Å²) in [6, 6.07) is 0. The Balaban J connectivity index is 2.64. The van der Waals surface area contributed by atoms with Crippen molar-refractivity contribution in [1.82, 2.24) is 10.2 Å². The van der Waals surface area contributed by atoms with Gasteiger partial charge in [0.05, 0.1) is 18.4 Å². The number of nitrogens with one attached hydrogen (secondary N) is 1. The Hall–Kier alpha value is -1.59. The molecular weight excluding hydrogens is 272 g/mol. The van der Waals surface area contributed by atoms with Crippen molar-refractivity contribution in [2.75, 3.05) is 13.6 Å². The van der Waals surface area contributed by atoms with Crippen molar-refractivity contribution in [2.24, 2.45) is 11.8 Å². The van der Waals surface area contributed by atoms with E-state index >= 15 is 0 Å². The third-order valence-electron chi connectivity index (χ3n) is 3.67. The van der Waals surface area contributed by atoms with E-state index in [2.05, 4.69) is 5.32 Å². The molecule has 21 heavy (non-hydrogen) atoms. The van der Waals surface area contributed by atoms with E-state index < -0.39 is 17.8 Å². The summed E-state index contributed by atoms with van der Waals surface area (Å²) < 4.78 is 0. The molecule has 0 bridgehead atoms. The molecule has 2 atom stereocenters. The van der Waals surface area contributed by atoms with Gasteiger partial charge in [-0.2, -0.15) is 0 Å². The van der Waals surface area contributed by atoms with Crippen LogP contribution in [0.2, 0.25) is 0 Å². The van der Waals surface area contributed by atoms with Crippen LogP contribution in [0, 0.1) is 11.8 Å². The minimum atomic E-state index is -0.916. The fourth-order valence-corrected chi connectivity index (χ4v) is 2.76. The van der Waals surface area contributed by atoms with Crippen LogP contribution in [0.25, 0.3) is 0 Å². The third kappa shape index (κ3) is 5.36. The van der Waals surface area contributed by atoms with Gasteiger partial charge in [0.2, 0.25) is 11.8 Å². The number of likely N-dealkylation sites (N-methyl/N-ethyl adjacent to an activating group) is 1. The number of carboxylic acid groups (broad SMARTS) is 1. The van der Waals surface area contributed by atoms with Gasteiger partial charge in [-0.25, -0.2) is 0 Å². The summed E-state index contributed by atoms with van der Waals surface area (Å²) in [5.74, 6) is -2.53. The highest BCUT2D eigenvalue weighted by Gasteiger charge is 2.37. The Morgan fingerprint density at radius 3 is 2.14 bits per heavy atom. The number of carboxylic acids is 1. The van der Waals surface area contributed by atoms with Crippen molar-refractivity contribution < 1.29 is 19.5 Å². The van der Waals surface area contributed by atoms with Crippen molar-refractivity contribution in [1.29, 1.82) is 0 Å². The van der Waals surface area contributed by atoms with E-state index in [1.807, 2.05) is 20.8 Å². The van der Waals surface area contributed by atoms with Crippen LogP contribution in [0.15, 0.2) is 0 Å². The average Bonchev–Trinajstić information content (AvgIpc) is 2.35. The molecule has 1 rings (SSSR count). The minimum Gasteiger partial charge on any atom is -0.481 e. The van der Waals surface area contributed by atoms with E-state index in [0.717, 1.165) is 12.8 Å². The lowest BCUT2D eigenvalue weighted by Gasteiger charge is -2.31. The summed E-state index contributed by atoms with van der Waals surface area (Å²) in [5.41, 5.74) is -0.352. The van der Waals surface area contributed by atoms with Crippen molar-refractivity contribution in [3.05, 3.63) is 0 Å². The van der Waals surface area contributed by atoms with Gasteiger partial charge < -0.3 is 15.3 Å². The van der Waals surface area contributed by atoms with Gasteiger partial charge in [0, 0.05) is 12.6 Å². The van der Waals surface area contributed by atoms with E-state index in [-0.39, 0.29) is 23.9 Å². The maximum atomic E-state index is 12.4. The van der Waals surface area contributed by atoms with E-state index in [1.54, 1.807) is 7.05 Å². The third-order valence-corrected chi connectivity index (χ3v) is 3.67. The molecule has 0 aromatic rings. The van der Waals surface area contributed by atoms with E-state index in [9.17, 15) is 19.5 Å². The zero-order valence-electron chi connectivity index (χ0n) is 13.3. The zero-order chi connectivity index (χ0) is 16.2. The zero-order valence-corrected chi connectivity index (χ0v) is 13.3. The van der Waals surface area contributed by atoms with Crippen LogP contribution in [0.5, 0.6) is 0 Å². The van der Waals surface area contributed by atoms with E-state index in [1.165, 1.54) is 4.90 Å². The number of amides is 2. The highest BCUT2D eigenvalue weighted by Crippen LogP contribution is 2.31. The van der Waals surface area contributed by atoms with Gasteiger partial charge in [-0.15, -0.1) is 0 Å². The summed E-state index contributed by atoms with van der Waals surface area (Å²) in [7, 11) is 1.55. The molecule has 2 unspecified atom stereocenters. The molecule has 2 amide bonds. The predicted molar refractivity (Wildman–Crippen MR) is 78.6 cm³/mol. The molecule has 0 aromatic carbocycles. The Kier molecular flexibility index (Phi) is 5.75. The highest BCUT2D eigenvalue weighted by molar-refractivity contribution is 5.88. The van der Waals surface area contributed by atoms with E-state index in [0.29, 0.717) is 12.8 Å². The fraction of sp³-hybridized carbons (Fsp3) is 0.800. The molecule has 1 saturated carbocycles. The molecule has 0 aromatic heterocycles. The van der Waals surface area contributed by atoms with Gasteiger partial charge in [-0.1, -0.05) is 12.8 Å². The van der Waals surface area contributed by atoms with Crippen LogP contribution in [-0.4, -0.2) is 46.9 Å². The summed E-state index contributed by atoms with van der Waals surface area (Å²) in [6.07, 6.45) is 2.83. The van der Waals surface area contributed by atoms with Crippen LogP contribution >= 0.6 is 0 Å². The number of rotatable bonds is 4. The van der Waals surface area contributed by atoms with Gasteiger partial charge in [-0.05, 0) is 33.6 Å². The lowest BCUT2D eigenvalue weighted by atomic mass is 9.78. The number of hydrogen-bond donors (Lipinski definition) is 2. The average molecular weight is 298 g/mol. The van der Waals surface area contributed by atoms with Crippen molar-refractivity contribution in [3.63, 3.8) is 0 Å². The number of carbonyl (C=O) groups excluding carboxylic acids is 2. The summed E-state index contributed by atoms with van der Waals surface area (Å²) in [4.78, 5) is 36.8. The number of aliphatic carboxylic acids is 1. The lowest BCUT2D eigenvalue weighted by molar-refractivity contribution is -0.152. The van der Waals surface area contributed by atoms with Crippen molar-refractivity contribution in [2.45, 2.75) is 52.0 Å². The standard InChI is InChI=1S/C15H26N2O4/c1-15(2,3)16-12(18)9-17(4)13(19)10-7-5-6-8-11(10)14(20)21/h10-11H,5-9H2,1-4H3,(H,16,18)(H,20,21). The smallest absolute Gasteiger partial charge is 0.307 e. The minimum absolute atomic E-state index is 0.0427. The van der Waals surface area contributed by atoms with Crippen LogP contribution < -0.4 is 5.32 Å². The molecule has 0 heterocycles. The molecule has 2 N–H and O–H groups in total. The Bertz CT molecular complexity index is 414. The molecule has 0 spiro atoms. The van der Waals surface area contributed by atoms with Gasteiger partial charge in [0.1, 0.15) is 0 Å². The second-order valence-corrected chi connectivity index (χ2v) is 6.83. The summed E-state index contributed by atoms with van der Waals surface area (Å²) >= 11 is 0. The molecule has 0 radical (unpaired) electrons.